The summed E-state index contributed by atoms with van der Waals surface area (Å²) in [6.45, 7) is 4.15. The number of aromatic hydroxyl groups is 1. The standard InChI is InChI=1S/C13H10O2.C8H8ClNO.C6H13N/c14-9-10-3-1-4-11(7-10)12-5-2-6-13(15)8-12;9-8-3-1-7(2-4-8)5-10-6-11;1-6-4-3-5-7(6)2/h1-9,15H;1-4,6H,5H2,(H,10,11);6H,3-5H2,1-2H3. The Bertz CT molecular complexity index is 1000. The number of nitrogens with one attached hydrogen (secondary N) is 1. The highest BCUT2D eigenvalue weighted by Crippen LogP contribution is 2.23. The lowest BCUT2D eigenvalue weighted by molar-refractivity contribution is -0.109. The van der Waals surface area contributed by atoms with Gasteiger partial charge in [-0.15, -0.1) is 0 Å². The Hall–Kier alpha value is -3.15. The molecule has 5 nitrogen and oxygen atoms in total. The fraction of sp³-hybridized carbons (Fsp3) is 0.259. The van der Waals surface area contributed by atoms with E-state index in [0.717, 1.165) is 29.0 Å². The molecule has 4 rings (SSSR count). The zero-order chi connectivity index (χ0) is 24.1. The van der Waals surface area contributed by atoms with E-state index < -0.39 is 0 Å². The molecule has 1 atom stereocenters. The van der Waals surface area contributed by atoms with E-state index in [1.54, 1.807) is 42.5 Å². The van der Waals surface area contributed by atoms with Gasteiger partial charge in [0.1, 0.15) is 12.0 Å². The van der Waals surface area contributed by atoms with Crippen molar-refractivity contribution in [1.82, 2.24) is 10.2 Å². The van der Waals surface area contributed by atoms with Crippen molar-refractivity contribution in [2.24, 2.45) is 0 Å². The zero-order valence-corrected chi connectivity index (χ0v) is 19.8. The van der Waals surface area contributed by atoms with Crippen molar-refractivity contribution >= 4 is 24.3 Å². The summed E-state index contributed by atoms with van der Waals surface area (Å²) in [5.41, 5.74) is 3.51. The Morgan fingerprint density at radius 1 is 1.03 bits per heavy atom. The molecule has 1 unspecified atom stereocenters. The Morgan fingerprint density at radius 3 is 2.21 bits per heavy atom. The summed E-state index contributed by atoms with van der Waals surface area (Å²) in [6, 6.07) is 22.4. The summed E-state index contributed by atoms with van der Waals surface area (Å²) in [6.07, 6.45) is 4.29. The molecular formula is C27H31ClN2O3. The minimum absolute atomic E-state index is 0.226. The molecule has 174 valence electrons. The summed E-state index contributed by atoms with van der Waals surface area (Å²) in [5, 5.41) is 12.6. The van der Waals surface area contributed by atoms with Crippen LogP contribution in [0.1, 0.15) is 35.7 Å². The number of hydrogen-bond donors (Lipinski definition) is 2. The van der Waals surface area contributed by atoms with Gasteiger partial charge in [0.25, 0.3) is 0 Å². The first-order valence-corrected chi connectivity index (χ1v) is 11.3. The van der Waals surface area contributed by atoms with Crippen LogP contribution in [-0.2, 0) is 11.3 Å². The van der Waals surface area contributed by atoms with Crippen molar-refractivity contribution in [3.8, 4) is 16.9 Å². The molecule has 0 aromatic heterocycles. The number of halogens is 1. The quantitative estimate of drug-likeness (QED) is 0.483. The molecule has 0 radical (unpaired) electrons. The van der Waals surface area contributed by atoms with Crippen LogP contribution in [0.3, 0.4) is 0 Å². The number of carbonyl (C=O) groups excluding carboxylic acids is 2. The van der Waals surface area contributed by atoms with Gasteiger partial charge in [0.2, 0.25) is 6.41 Å². The fourth-order valence-electron chi connectivity index (χ4n) is 3.32. The van der Waals surface area contributed by atoms with Crippen LogP contribution < -0.4 is 5.32 Å². The molecule has 0 spiro atoms. The van der Waals surface area contributed by atoms with E-state index in [-0.39, 0.29) is 5.75 Å². The van der Waals surface area contributed by atoms with Crippen LogP contribution >= 0.6 is 11.6 Å². The molecule has 1 saturated heterocycles. The van der Waals surface area contributed by atoms with Gasteiger partial charge in [0, 0.05) is 23.2 Å². The van der Waals surface area contributed by atoms with E-state index in [0.29, 0.717) is 23.5 Å². The normalized spacial score (nSPS) is 14.8. The SMILES string of the molecule is CC1CCCN1C.O=CNCc1ccc(Cl)cc1.O=Cc1cccc(-c2cccc(O)c2)c1. The number of benzene rings is 3. The molecule has 2 N–H and O–H groups in total. The topological polar surface area (TPSA) is 69.6 Å². The number of rotatable bonds is 5. The summed E-state index contributed by atoms with van der Waals surface area (Å²) in [5.74, 6) is 0.226. The van der Waals surface area contributed by atoms with E-state index in [1.807, 2.05) is 30.3 Å². The lowest BCUT2D eigenvalue weighted by Gasteiger charge is -2.12. The first-order valence-electron chi connectivity index (χ1n) is 10.9. The van der Waals surface area contributed by atoms with Crippen molar-refractivity contribution in [3.63, 3.8) is 0 Å². The summed E-state index contributed by atoms with van der Waals surface area (Å²) in [7, 11) is 2.19. The highest BCUT2D eigenvalue weighted by atomic mass is 35.5. The first-order chi connectivity index (χ1) is 15.9. The largest absolute Gasteiger partial charge is 0.508 e. The van der Waals surface area contributed by atoms with E-state index in [2.05, 4.69) is 24.2 Å². The number of likely N-dealkylation sites (tertiary alicyclic amines) is 1. The third kappa shape index (κ3) is 9.48. The molecule has 1 heterocycles. The molecule has 0 bridgehead atoms. The Labute approximate surface area is 201 Å². The second-order valence-electron chi connectivity index (χ2n) is 7.89. The highest BCUT2D eigenvalue weighted by molar-refractivity contribution is 6.30. The van der Waals surface area contributed by atoms with Gasteiger partial charge in [0.05, 0.1) is 0 Å². The predicted octanol–water partition coefficient (Wildman–Crippen LogP) is 5.56. The number of hydrogen-bond acceptors (Lipinski definition) is 4. The Kier molecular flexibility index (Phi) is 11.1. The van der Waals surface area contributed by atoms with Gasteiger partial charge in [0.15, 0.2) is 0 Å². The van der Waals surface area contributed by atoms with Crippen LogP contribution in [0, 0.1) is 0 Å². The number of carbonyl (C=O) groups is 2. The van der Waals surface area contributed by atoms with Gasteiger partial charge >= 0.3 is 0 Å². The van der Waals surface area contributed by atoms with Crippen LogP contribution in [-0.4, -0.2) is 42.3 Å². The zero-order valence-electron chi connectivity index (χ0n) is 19.1. The van der Waals surface area contributed by atoms with E-state index >= 15 is 0 Å². The summed E-state index contributed by atoms with van der Waals surface area (Å²) in [4.78, 5) is 22.9. The maximum atomic E-state index is 10.6. The van der Waals surface area contributed by atoms with Crippen LogP contribution in [0.2, 0.25) is 5.02 Å². The van der Waals surface area contributed by atoms with E-state index in [9.17, 15) is 14.7 Å². The monoisotopic (exact) mass is 466 g/mol. The minimum Gasteiger partial charge on any atom is -0.508 e. The predicted molar refractivity (Wildman–Crippen MR) is 135 cm³/mol. The molecule has 33 heavy (non-hydrogen) atoms. The third-order valence-corrected chi connectivity index (χ3v) is 5.64. The van der Waals surface area contributed by atoms with Gasteiger partial charge in [-0.3, -0.25) is 9.59 Å². The minimum atomic E-state index is 0.226. The molecule has 0 aliphatic carbocycles. The first kappa shape index (κ1) is 26.1. The summed E-state index contributed by atoms with van der Waals surface area (Å²) < 4.78 is 0. The Balaban J connectivity index is 0.000000188. The summed E-state index contributed by atoms with van der Waals surface area (Å²) >= 11 is 5.66. The van der Waals surface area contributed by atoms with Crippen LogP contribution in [0.15, 0.2) is 72.8 Å². The van der Waals surface area contributed by atoms with Crippen molar-refractivity contribution < 1.29 is 14.7 Å². The lowest BCUT2D eigenvalue weighted by atomic mass is 10.0. The smallest absolute Gasteiger partial charge is 0.207 e. The van der Waals surface area contributed by atoms with Gasteiger partial charge in [-0.05, 0) is 80.4 Å². The van der Waals surface area contributed by atoms with Gasteiger partial charge < -0.3 is 15.3 Å². The van der Waals surface area contributed by atoms with Crippen molar-refractivity contribution in [3.05, 3.63) is 88.9 Å². The molecule has 0 saturated carbocycles. The highest BCUT2D eigenvalue weighted by Gasteiger charge is 2.14. The average Bonchev–Trinajstić information content (AvgIpc) is 3.22. The van der Waals surface area contributed by atoms with Crippen molar-refractivity contribution in [2.75, 3.05) is 13.6 Å². The van der Waals surface area contributed by atoms with Gasteiger partial charge in [-0.1, -0.05) is 54.1 Å². The van der Waals surface area contributed by atoms with Crippen LogP contribution in [0.5, 0.6) is 5.75 Å². The molecule has 3 aromatic rings. The third-order valence-electron chi connectivity index (χ3n) is 5.39. The van der Waals surface area contributed by atoms with Gasteiger partial charge in [-0.25, -0.2) is 0 Å². The van der Waals surface area contributed by atoms with E-state index in [4.69, 9.17) is 11.6 Å². The number of amides is 1. The van der Waals surface area contributed by atoms with E-state index in [1.165, 1.54) is 19.4 Å². The number of aldehydes is 1. The number of phenolic OH excluding ortho intramolecular Hbond substituents is 1. The van der Waals surface area contributed by atoms with Crippen LogP contribution in [0.25, 0.3) is 11.1 Å². The molecule has 1 aliphatic rings. The molecular weight excluding hydrogens is 436 g/mol. The van der Waals surface area contributed by atoms with Crippen molar-refractivity contribution in [1.29, 1.82) is 0 Å². The maximum absolute atomic E-state index is 10.6. The molecule has 1 aliphatic heterocycles. The van der Waals surface area contributed by atoms with Gasteiger partial charge in [-0.2, -0.15) is 0 Å². The molecule has 1 amide bonds. The fourth-order valence-corrected chi connectivity index (χ4v) is 3.44. The second-order valence-corrected chi connectivity index (χ2v) is 8.33. The van der Waals surface area contributed by atoms with Crippen LogP contribution in [0.4, 0.5) is 0 Å². The van der Waals surface area contributed by atoms with Crippen molar-refractivity contribution in [2.45, 2.75) is 32.4 Å². The number of nitrogens with zero attached hydrogens (tertiary/aromatic N) is 1. The number of phenols is 1. The Morgan fingerprint density at radius 2 is 1.70 bits per heavy atom. The second kappa shape index (κ2) is 14.1. The lowest BCUT2D eigenvalue weighted by Crippen LogP contribution is -2.20. The molecule has 3 aromatic carbocycles. The average molecular weight is 467 g/mol. The molecule has 1 fully saturated rings. The molecule has 6 heteroatoms. The maximum Gasteiger partial charge on any atom is 0.207 e.